The van der Waals surface area contributed by atoms with Gasteiger partial charge in [-0.25, -0.2) is 0 Å². The minimum Gasteiger partial charge on any atom is -0.305 e. The van der Waals surface area contributed by atoms with Crippen LogP contribution in [0, 0.1) is 74.0 Å². The number of aromatic nitrogens is 8. The maximum Gasteiger partial charge on any atom is 0.0798 e. The Hall–Kier alpha value is -9.58. The van der Waals surface area contributed by atoms with Crippen molar-refractivity contribution in [2.45, 2.75) is 159 Å². The Morgan fingerprint density at radius 3 is 0.900 bits per heavy atom. The number of hydrogen-bond acceptors (Lipinski definition) is 8. The van der Waals surface area contributed by atoms with E-state index in [1.165, 1.54) is 37.3 Å². The van der Waals surface area contributed by atoms with Crippen LogP contribution in [0.1, 0.15) is 112 Å². The molecule has 0 aliphatic carbocycles. The van der Waals surface area contributed by atoms with Crippen molar-refractivity contribution < 1.29 is 117 Å². The summed E-state index contributed by atoms with van der Waals surface area (Å²) in [4.78, 5) is 34.5. The molecule has 680 valence electrons. The van der Waals surface area contributed by atoms with Crippen molar-refractivity contribution in [1.29, 1.82) is 0 Å². The van der Waals surface area contributed by atoms with E-state index in [1.54, 1.807) is 79.1 Å². The molecule has 0 atom stereocenters. The molecule has 130 heavy (non-hydrogen) atoms. The fourth-order valence-electron chi connectivity index (χ4n) is 12.7. The van der Waals surface area contributed by atoms with E-state index in [0.717, 1.165) is 94.5 Å². The second kappa shape index (κ2) is 56.3. The SMILES string of the molecule is [2H]C([2H])([2H])C([2H])(C([2H])([2H])[2H])C([2H])([2H])c1cc(-c2[c-]cccc2)ncc1[Si](C)(C)C.[2H]C([2H])([2H])Cc1cc(-c2[c-]cccc2)ncc1[Si](C)(C)C.[2H]C([2H])([2H])Cc1cc(-c2[c-]cccc2)ncc1[Si](C)(C)C.[2H]C([2H])([2H])[Si](C)(c1cnc(-c2[c-]cccc2)cc1CC(C)C)C([2H])([2H])[2H].[2H]C([2H])([2H])c1ccc(-c2[c-]cccc2)nc1.[2H]C([2H])([2H])c1cccc(-c2[c-]cccc2)n1.[Ir].[Ir].[Ir].[Ir].[c-]1ccccc1-c1ccccn1.[c-]1ccccc1-c1ccccn1. The van der Waals surface area contributed by atoms with Gasteiger partial charge >= 0.3 is 0 Å². The second-order valence-corrected chi connectivity index (χ2v) is 50.5. The maximum atomic E-state index is 8.66. The molecule has 8 nitrogen and oxygen atoms in total. The average Bonchev–Trinajstić information content (AvgIpc) is 0.705. The predicted octanol–water partition coefficient (Wildman–Crippen LogP) is 26.7. The maximum absolute atomic E-state index is 8.66. The van der Waals surface area contributed by atoms with Gasteiger partial charge in [-0.1, -0.05) is 215 Å². The molecule has 0 aliphatic heterocycles. The molecular weight excluding hydrogens is 2360 g/mol. The molecule has 0 unspecified atom stereocenters. The Kier molecular flexibility index (Phi) is 32.5. The van der Waals surface area contributed by atoms with E-state index >= 15 is 0 Å². The van der Waals surface area contributed by atoms with Crippen LogP contribution in [0.2, 0.25) is 78.4 Å². The van der Waals surface area contributed by atoms with Crippen molar-refractivity contribution >= 4 is 53.0 Å². The topological polar surface area (TPSA) is 103 Å². The normalized spacial score (nSPS) is 14.7. The van der Waals surface area contributed by atoms with Gasteiger partial charge in [0, 0.05) is 167 Å². The van der Waals surface area contributed by atoms with Crippen LogP contribution in [0.15, 0.2) is 328 Å². The fraction of sp³-hybridized carbons (Fsp3) is 0.228. The monoisotopic (exact) mass is 2520 g/mol. The van der Waals surface area contributed by atoms with Gasteiger partial charge in [0.05, 0.1) is 32.3 Å². The molecule has 0 N–H and O–H groups in total. The summed E-state index contributed by atoms with van der Waals surface area (Å²) in [6.07, 6.45) is 9.46. The van der Waals surface area contributed by atoms with Crippen LogP contribution in [0.3, 0.4) is 0 Å². The minimum absolute atomic E-state index is 0. The van der Waals surface area contributed by atoms with Crippen LogP contribution in [-0.4, -0.2) is 72.2 Å². The zero-order valence-corrected chi connectivity index (χ0v) is 88.4. The first-order valence-corrected chi connectivity index (χ1v) is 54.3. The Morgan fingerprint density at radius 1 is 0.308 bits per heavy atom. The van der Waals surface area contributed by atoms with E-state index < -0.39 is 98.6 Å². The largest absolute Gasteiger partial charge is 0.305 e. The summed E-state index contributed by atoms with van der Waals surface area (Å²) in [6, 6.07) is 112. The van der Waals surface area contributed by atoms with Crippen LogP contribution in [0.5, 0.6) is 0 Å². The first-order chi connectivity index (χ1) is 71.2. The van der Waals surface area contributed by atoms with Crippen molar-refractivity contribution in [3.63, 3.8) is 0 Å². The molecule has 0 bridgehead atoms. The standard InChI is InChI=1S/2C18H24NSi.2C16H20NSi.2C12H10N.2C11H8N.4Ir/c2*1-14(2)11-16-12-17(15-9-7-6-8-10-15)19-13-18(16)20(3,4)5;2*1-5-13-11-15(14-9-7-6-8-10-14)17-12-16(13)18(2,3)4;1-10-6-5-9-12(13-10)11-7-3-2-4-8-11;1-10-7-8-12(13-9-10)11-5-3-2-4-6-11;2*1-2-6-10(7-3-1)11-8-4-5-9-12-11;;;;/h2*6-9,12-14H,11H2,1-5H3;2*6-9,11-12H,5H2,1-4H3;2-7,9H,1H3;2-5,7-9H,1H3;2*1-6,8-9H;;;;/q8*-1;;;;/i1D3,2D3,11D2,14D;3D3,4D3;4*1D3;;;;;;. The zero-order chi connectivity index (χ0) is 113. The molecule has 4 radical (unpaired) electrons. The van der Waals surface area contributed by atoms with Gasteiger partial charge in [0.1, 0.15) is 0 Å². The minimum atomic E-state index is -3.84. The summed E-state index contributed by atoms with van der Waals surface area (Å²) in [5.41, 5.74) is 15.6. The Morgan fingerprint density at radius 2 is 0.615 bits per heavy atom. The molecule has 8 heterocycles. The number of nitrogens with zero attached hydrogens (tertiary/aromatic N) is 8. The second-order valence-electron chi connectivity index (χ2n) is 32.6. The van der Waals surface area contributed by atoms with Crippen LogP contribution in [0.4, 0.5) is 0 Å². The quantitative estimate of drug-likeness (QED) is 0.0618. The first kappa shape index (κ1) is 74.9. The van der Waals surface area contributed by atoms with Gasteiger partial charge in [-0.3, -0.25) is 0 Å². The Balaban J connectivity index is 0.000000318. The predicted molar refractivity (Wildman–Crippen MR) is 545 cm³/mol. The Labute approximate surface area is 875 Å². The molecular formula is C114H124Ir4N8Si4-8. The third-order valence-corrected chi connectivity index (χ3v) is 26.5. The summed E-state index contributed by atoms with van der Waals surface area (Å²) in [5, 5.41) is 3.13. The average molecular weight is 2510 g/mol. The van der Waals surface area contributed by atoms with Gasteiger partial charge in [0.2, 0.25) is 0 Å². The molecule has 0 spiro atoms. The van der Waals surface area contributed by atoms with Crippen LogP contribution < -0.4 is 20.7 Å². The van der Waals surface area contributed by atoms with Gasteiger partial charge in [-0.05, 0) is 141 Å². The molecule has 16 heteroatoms. The van der Waals surface area contributed by atoms with Crippen LogP contribution in [-0.2, 0) is 106 Å². The van der Waals surface area contributed by atoms with E-state index in [4.69, 9.17) is 37.0 Å². The van der Waals surface area contributed by atoms with Crippen LogP contribution in [0.25, 0.3) is 90.1 Å². The number of benzene rings is 8. The van der Waals surface area contributed by atoms with Gasteiger partial charge in [0.25, 0.3) is 0 Å². The number of rotatable bonds is 18. The summed E-state index contributed by atoms with van der Waals surface area (Å²) in [6.45, 7) is 4.47. The summed E-state index contributed by atoms with van der Waals surface area (Å²) < 4.78 is 209. The van der Waals surface area contributed by atoms with Crippen molar-refractivity contribution in [1.82, 2.24) is 39.9 Å². The van der Waals surface area contributed by atoms with E-state index in [9.17, 15) is 0 Å². The molecule has 0 saturated heterocycles. The number of pyridine rings is 8. The third kappa shape index (κ3) is 36.9. The summed E-state index contributed by atoms with van der Waals surface area (Å²) in [5.74, 6) is -3.10. The summed E-state index contributed by atoms with van der Waals surface area (Å²) in [7, 11) is -9.36. The van der Waals surface area contributed by atoms with E-state index in [-0.39, 0.29) is 116 Å². The number of aryl methyl sites for hydroxylation is 4. The van der Waals surface area contributed by atoms with Gasteiger partial charge in [-0.15, -0.1) is 287 Å². The first-order valence-electron chi connectivity index (χ1n) is 54.8. The van der Waals surface area contributed by atoms with Gasteiger partial charge < -0.3 is 39.9 Å². The van der Waals surface area contributed by atoms with E-state index in [0.29, 0.717) is 39.4 Å². The summed E-state index contributed by atoms with van der Waals surface area (Å²) >= 11 is 0. The van der Waals surface area contributed by atoms with Crippen LogP contribution >= 0.6 is 0 Å². The zero-order valence-electron chi connectivity index (χ0n) is 102. The van der Waals surface area contributed by atoms with Gasteiger partial charge in [0.15, 0.2) is 0 Å². The van der Waals surface area contributed by atoms with Crippen molar-refractivity contribution in [3.05, 3.63) is 411 Å². The molecule has 0 saturated carbocycles. The van der Waals surface area contributed by atoms with E-state index in [2.05, 4.69) is 128 Å². The van der Waals surface area contributed by atoms with E-state index in [1.807, 2.05) is 252 Å². The molecule has 16 aromatic rings. The molecule has 8 aromatic carbocycles. The van der Waals surface area contributed by atoms with Crippen molar-refractivity contribution in [3.8, 4) is 90.1 Å². The van der Waals surface area contributed by atoms with Gasteiger partial charge in [-0.2, -0.15) is 0 Å². The smallest absolute Gasteiger partial charge is 0.0798 e. The number of hydrogen-bond donors (Lipinski definition) is 0. The molecule has 8 aromatic heterocycles. The van der Waals surface area contributed by atoms with Crippen molar-refractivity contribution in [2.75, 3.05) is 0 Å². The van der Waals surface area contributed by atoms with Crippen molar-refractivity contribution in [2.24, 2.45) is 11.8 Å². The molecule has 0 aliphatic rings. The molecule has 16 rings (SSSR count). The molecule has 0 amide bonds. The molecule has 0 fully saturated rings. The Bertz CT molecular complexity index is 6710. The fourth-order valence-corrected chi connectivity index (χ4v) is 18.4. The third-order valence-electron chi connectivity index (χ3n) is 18.8.